The van der Waals surface area contributed by atoms with Crippen molar-refractivity contribution in [2.24, 2.45) is 16.6 Å². The number of nitrogens with two attached hydrogens (primary N) is 1. The molecule has 0 spiro atoms. The number of guanidine groups is 1. The second-order valence-corrected chi connectivity index (χ2v) is 6.65. The Labute approximate surface area is 127 Å². The molecule has 0 unspecified atom stereocenters. The van der Waals surface area contributed by atoms with Crippen LogP contribution in [-0.2, 0) is 6.54 Å². The molecule has 0 radical (unpaired) electrons. The van der Waals surface area contributed by atoms with E-state index in [-0.39, 0.29) is 0 Å². The number of aromatic nitrogens is 1. The maximum atomic E-state index is 5.95. The molecule has 4 nitrogen and oxygen atoms in total. The summed E-state index contributed by atoms with van der Waals surface area (Å²) >= 11 is 7.58. The van der Waals surface area contributed by atoms with Gasteiger partial charge in [0.15, 0.2) is 5.96 Å². The summed E-state index contributed by atoms with van der Waals surface area (Å²) in [5, 5.41) is 4.84. The molecule has 1 fully saturated rings. The first kappa shape index (κ1) is 13.6. The Kier molecular flexibility index (Phi) is 4.08. The number of fused-ring (bicyclic) bond motifs is 1. The van der Waals surface area contributed by atoms with E-state index in [2.05, 4.69) is 15.3 Å². The van der Waals surface area contributed by atoms with E-state index in [4.69, 9.17) is 17.3 Å². The van der Waals surface area contributed by atoms with E-state index in [1.54, 1.807) is 11.3 Å². The Morgan fingerprint density at radius 3 is 3.10 bits per heavy atom. The van der Waals surface area contributed by atoms with Gasteiger partial charge >= 0.3 is 0 Å². The number of rotatable bonds is 4. The summed E-state index contributed by atoms with van der Waals surface area (Å²) in [5.41, 5.74) is 6.79. The molecule has 1 aliphatic rings. The van der Waals surface area contributed by atoms with Crippen molar-refractivity contribution in [1.29, 1.82) is 0 Å². The van der Waals surface area contributed by atoms with Crippen LogP contribution in [0.5, 0.6) is 0 Å². The maximum Gasteiger partial charge on any atom is 0.189 e. The van der Waals surface area contributed by atoms with E-state index >= 15 is 0 Å². The zero-order chi connectivity index (χ0) is 13.9. The number of hydrogen-bond donors (Lipinski definition) is 2. The molecule has 1 heterocycles. The minimum atomic E-state index is 0.509. The molecule has 106 valence electrons. The predicted molar refractivity (Wildman–Crippen MR) is 85.3 cm³/mol. The van der Waals surface area contributed by atoms with Crippen molar-refractivity contribution < 1.29 is 0 Å². The normalized spacial score (nSPS) is 16.4. The van der Waals surface area contributed by atoms with Crippen molar-refractivity contribution in [3.63, 3.8) is 0 Å². The highest BCUT2D eigenvalue weighted by atomic mass is 35.5. The average molecular weight is 309 g/mol. The minimum absolute atomic E-state index is 0.509. The van der Waals surface area contributed by atoms with Crippen LogP contribution in [0.15, 0.2) is 23.2 Å². The third kappa shape index (κ3) is 3.22. The smallest absolute Gasteiger partial charge is 0.189 e. The maximum absolute atomic E-state index is 5.95. The van der Waals surface area contributed by atoms with Crippen molar-refractivity contribution >= 4 is 39.1 Å². The van der Waals surface area contributed by atoms with Gasteiger partial charge in [-0.3, -0.25) is 0 Å². The molecular formula is C14H17ClN4S. The summed E-state index contributed by atoms with van der Waals surface area (Å²) in [7, 11) is 0. The van der Waals surface area contributed by atoms with Crippen LogP contribution in [0.2, 0.25) is 5.02 Å². The molecular weight excluding hydrogens is 292 g/mol. The van der Waals surface area contributed by atoms with Crippen LogP contribution in [0.4, 0.5) is 0 Å². The quantitative estimate of drug-likeness (QED) is 0.673. The van der Waals surface area contributed by atoms with Crippen molar-refractivity contribution in [3.8, 4) is 0 Å². The van der Waals surface area contributed by atoms with E-state index in [1.165, 1.54) is 19.3 Å². The lowest BCUT2D eigenvalue weighted by atomic mass is 9.85. The Morgan fingerprint density at radius 1 is 1.50 bits per heavy atom. The lowest BCUT2D eigenvalue weighted by Gasteiger charge is -2.25. The lowest BCUT2D eigenvalue weighted by Crippen LogP contribution is -2.37. The molecule has 1 aromatic carbocycles. The van der Waals surface area contributed by atoms with Gasteiger partial charge in [-0.05, 0) is 37.0 Å². The monoisotopic (exact) mass is 308 g/mol. The number of nitrogens with one attached hydrogen (secondary N) is 1. The number of benzene rings is 1. The first-order valence-electron chi connectivity index (χ1n) is 6.79. The van der Waals surface area contributed by atoms with Crippen LogP contribution in [0, 0.1) is 5.92 Å². The summed E-state index contributed by atoms with van der Waals surface area (Å²) in [6, 6.07) is 5.74. The van der Waals surface area contributed by atoms with Crippen LogP contribution in [0.1, 0.15) is 24.3 Å². The molecule has 0 amide bonds. The van der Waals surface area contributed by atoms with Crippen LogP contribution >= 0.6 is 22.9 Å². The molecule has 0 saturated heterocycles. The van der Waals surface area contributed by atoms with Crippen LogP contribution in [0.3, 0.4) is 0 Å². The third-order valence-corrected chi connectivity index (χ3v) is 4.83. The second-order valence-electron chi connectivity index (χ2n) is 5.10. The van der Waals surface area contributed by atoms with Gasteiger partial charge in [0.2, 0.25) is 0 Å². The van der Waals surface area contributed by atoms with Crippen LogP contribution in [-0.4, -0.2) is 17.5 Å². The SMILES string of the molecule is NC(=NCc1nc2cc(Cl)ccc2s1)NCC1CCC1. The summed E-state index contributed by atoms with van der Waals surface area (Å²) in [6.45, 7) is 1.45. The highest BCUT2D eigenvalue weighted by Gasteiger charge is 2.16. The lowest BCUT2D eigenvalue weighted by molar-refractivity contribution is 0.315. The summed E-state index contributed by atoms with van der Waals surface area (Å²) in [4.78, 5) is 8.85. The van der Waals surface area contributed by atoms with Gasteiger partial charge in [0.25, 0.3) is 0 Å². The Morgan fingerprint density at radius 2 is 2.35 bits per heavy atom. The van der Waals surface area contributed by atoms with E-state index in [0.717, 1.165) is 27.7 Å². The fraction of sp³-hybridized carbons (Fsp3) is 0.429. The van der Waals surface area contributed by atoms with E-state index in [9.17, 15) is 0 Å². The zero-order valence-electron chi connectivity index (χ0n) is 11.1. The summed E-state index contributed by atoms with van der Waals surface area (Å²) < 4.78 is 1.13. The van der Waals surface area contributed by atoms with Gasteiger partial charge in [-0.25, -0.2) is 9.98 Å². The van der Waals surface area contributed by atoms with Crippen LogP contribution in [0.25, 0.3) is 10.2 Å². The van der Waals surface area contributed by atoms with E-state index < -0.39 is 0 Å². The number of halogens is 1. The predicted octanol–water partition coefficient (Wildman–Crippen LogP) is 3.15. The van der Waals surface area contributed by atoms with Crippen molar-refractivity contribution in [3.05, 3.63) is 28.2 Å². The minimum Gasteiger partial charge on any atom is -0.370 e. The van der Waals surface area contributed by atoms with Gasteiger partial charge in [0.05, 0.1) is 16.8 Å². The van der Waals surface area contributed by atoms with Crippen LogP contribution < -0.4 is 11.1 Å². The topological polar surface area (TPSA) is 63.3 Å². The molecule has 1 saturated carbocycles. The van der Waals surface area contributed by atoms with Crippen molar-refractivity contribution in [2.75, 3.05) is 6.54 Å². The Balaban J connectivity index is 1.60. The van der Waals surface area contributed by atoms with Gasteiger partial charge in [0, 0.05) is 11.6 Å². The molecule has 0 aliphatic heterocycles. The largest absolute Gasteiger partial charge is 0.370 e. The Hall–Kier alpha value is -1.33. The molecule has 20 heavy (non-hydrogen) atoms. The molecule has 6 heteroatoms. The number of nitrogens with zero attached hydrogens (tertiary/aromatic N) is 2. The van der Waals surface area contributed by atoms with Gasteiger partial charge in [-0.15, -0.1) is 11.3 Å². The fourth-order valence-corrected chi connectivity index (χ4v) is 3.21. The van der Waals surface area contributed by atoms with Gasteiger partial charge in [-0.2, -0.15) is 0 Å². The number of hydrogen-bond acceptors (Lipinski definition) is 3. The number of thiazole rings is 1. The standard InChI is InChI=1S/C14H17ClN4S/c15-10-4-5-12-11(6-10)19-13(20-12)8-18-14(16)17-7-9-2-1-3-9/h4-6,9H,1-3,7-8H2,(H3,16,17,18). The highest BCUT2D eigenvalue weighted by molar-refractivity contribution is 7.18. The second kappa shape index (κ2) is 5.97. The molecule has 1 aromatic heterocycles. The molecule has 1 aliphatic carbocycles. The van der Waals surface area contributed by atoms with Gasteiger partial charge in [0.1, 0.15) is 5.01 Å². The average Bonchev–Trinajstić information content (AvgIpc) is 2.76. The summed E-state index contributed by atoms with van der Waals surface area (Å²) in [6.07, 6.45) is 3.95. The zero-order valence-corrected chi connectivity index (χ0v) is 12.7. The molecule has 0 bridgehead atoms. The van der Waals surface area contributed by atoms with Crippen molar-refractivity contribution in [2.45, 2.75) is 25.8 Å². The number of aliphatic imine (C=N–C) groups is 1. The Bertz CT molecular complexity index is 633. The highest BCUT2D eigenvalue weighted by Crippen LogP contribution is 2.26. The van der Waals surface area contributed by atoms with Gasteiger partial charge in [-0.1, -0.05) is 18.0 Å². The third-order valence-electron chi connectivity index (χ3n) is 3.58. The first-order valence-corrected chi connectivity index (χ1v) is 7.99. The summed E-state index contributed by atoms with van der Waals surface area (Å²) in [5.74, 6) is 1.28. The fourth-order valence-electron chi connectivity index (χ4n) is 2.17. The van der Waals surface area contributed by atoms with E-state index in [0.29, 0.717) is 17.5 Å². The molecule has 2 aromatic rings. The molecule has 3 N–H and O–H groups in total. The first-order chi connectivity index (χ1) is 9.70. The molecule has 0 atom stereocenters. The molecule has 3 rings (SSSR count). The van der Waals surface area contributed by atoms with Crippen molar-refractivity contribution in [1.82, 2.24) is 10.3 Å². The van der Waals surface area contributed by atoms with Gasteiger partial charge < -0.3 is 11.1 Å². The van der Waals surface area contributed by atoms with E-state index in [1.807, 2.05) is 18.2 Å².